The summed E-state index contributed by atoms with van der Waals surface area (Å²) >= 11 is 6.17. The molecule has 2 saturated carbocycles. The highest BCUT2D eigenvalue weighted by molar-refractivity contribution is 7.90. The van der Waals surface area contributed by atoms with Gasteiger partial charge in [-0.05, 0) is 111 Å². The van der Waals surface area contributed by atoms with Crippen LogP contribution in [0.4, 0.5) is 17.1 Å². The summed E-state index contributed by atoms with van der Waals surface area (Å²) in [5.41, 5.74) is 5.11. The van der Waals surface area contributed by atoms with Crippen molar-refractivity contribution in [3.63, 3.8) is 0 Å². The first kappa shape index (κ1) is 41.8. The van der Waals surface area contributed by atoms with Crippen LogP contribution in [0.2, 0.25) is 0 Å². The third kappa shape index (κ3) is 9.35. The molecule has 2 aromatic carbocycles. The Bertz CT molecular complexity index is 2440. The van der Waals surface area contributed by atoms with Gasteiger partial charge in [0, 0.05) is 73.7 Å². The summed E-state index contributed by atoms with van der Waals surface area (Å²) in [4.78, 5) is 37.2. The third-order valence-corrected chi connectivity index (χ3v) is 14.6. The number of hydrogen-bond donors (Lipinski definition) is 3. The van der Waals surface area contributed by atoms with Gasteiger partial charge >= 0.3 is 0 Å². The summed E-state index contributed by atoms with van der Waals surface area (Å²) in [5.74, 6) is 0.000824. The molecule has 60 heavy (non-hydrogen) atoms. The summed E-state index contributed by atoms with van der Waals surface area (Å²) in [7, 11) is -4.53. The first-order chi connectivity index (χ1) is 28.6. The van der Waals surface area contributed by atoms with Crippen LogP contribution in [-0.4, -0.2) is 73.4 Å². The Hall–Kier alpha value is -4.92. The van der Waals surface area contributed by atoms with Gasteiger partial charge in [-0.3, -0.25) is 19.8 Å². The Morgan fingerprint density at radius 1 is 1.07 bits per heavy atom. The van der Waals surface area contributed by atoms with Crippen LogP contribution in [0.5, 0.6) is 11.5 Å². The summed E-state index contributed by atoms with van der Waals surface area (Å²) in [5, 5.41) is 16.8. The fourth-order valence-electron chi connectivity index (χ4n) is 9.58. The summed E-state index contributed by atoms with van der Waals surface area (Å²) in [6, 6.07) is 12.4. The Labute approximate surface area is 356 Å². The van der Waals surface area contributed by atoms with Crippen LogP contribution < -0.4 is 19.7 Å². The van der Waals surface area contributed by atoms with Gasteiger partial charge < -0.3 is 19.9 Å². The van der Waals surface area contributed by atoms with Crippen LogP contribution in [0.15, 0.2) is 88.6 Å². The van der Waals surface area contributed by atoms with Crippen LogP contribution in [-0.2, 0) is 10.0 Å². The number of fused-ring (bicyclic) bond motifs is 1. The lowest BCUT2D eigenvalue weighted by atomic mass is 9.52. The summed E-state index contributed by atoms with van der Waals surface area (Å²) in [6.07, 6.45) is 14.4. The fourth-order valence-corrected chi connectivity index (χ4v) is 10.7. The van der Waals surface area contributed by atoms with Gasteiger partial charge in [0.25, 0.3) is 21.6 Å². The van der Waals surface area contributed by atoms with Crippen molar-refractivity contribution < 1.29 is 22.9 Å². The molecule has 4 aromatic rings. The number of piperazine rings is 1. The minimum absolute atomic E-state index is 0.0213. The molecule has 1 amide bonds. The normalized spacial score (nSPS) is 19.1. The van der Waals surface area contributed by atoms with Crippen molar-refractivity contribution in [3.05, 3.63) is 99.4 Å². The Morgan fingerprint density at radius 3 is 2.57 bits per heavy atom. The summed E-state index contributed by atoms with van der Waals surface area (Å²) in [6.45, 7) is 13.3. The molecule has 0 radical (unpaired) electrons. The molecule has 15 heteroatoms. The zero-order valence-electron chi connectivity index (χ0n) is 34.4. The van der Waals surface area contributed by atoms with E-state index < -0.39 is 25.7 Å². The van der Waals surface area contributed by atoms with Crippen LogP contribution in [0.3, 0.4) is 0 Å². The monoisotopic (exact) mass is 855 g/mol. The number of ether oxygens (including phenoxy) is 1. The number of anilines is 2. The van der Waals surface area contributed by atoms with Crippen molar-refractivity contribution in [1.29, 1.82) is 0 Å². The number of hydrogen-bond acceptors (Lipinski definition) is 10. The van der Waals surface area contributed by atoms with Crippen molar-refractivity contribution in [1.82, 2.24) is 19.6 Å². The average molecular weight is 856 g/mol. The highest BCUT2D eigenvalue weighted by Gasteiger charge is 2.47. The lowest BCUT2D eigenvalue weighted by Gasteiger charge is -2.54. The number of nitrogens with zero attached hydrogens (tertiary/aromatic N) is 4. The van der Waals surface area contributed by atoms with Crippen molar-refractivity contribution in [2.24, 2.45) is 16.7 Å². The van der Waals surface area contributed by atoms with E-state index >= 15 is 0 Å². The number of benzene rings is 2. The smallest absolute Gasteiger partial charge is 0.293 e. The maximum absolute atomic E-state index is 13.9. The first-order valence-corrected chi connectivity index (χ1v) is 22.9. The number of amides is 1. The maximum atomic E-state index is 13.9. The highest BCUT2D eigenvalue weighted by Crippen LogP contribution is 2.58. The molecule has 1 saturated heterocycles. The van der Waals surface area contributed by atoms with Gasteiger partial charge in [-0.25, -0.2) is 18.1 Å². The predicted molar refractivity (Wildman–Crippen MR) is 235 cm³/mol. The SMILES string of the molecule is C=C(Cl)CCC1=C(CN2CCN(c3ccc(C(=O)NS(=O)(=O)c4ccc(NCC5CC6(CCC6)C5)c([N+](=O)[O-])c4)c(Oc4cnc5[nH]ccc5c4)c3)CC2)CCC(C)(C)C1. The molecular weight excluding hydrogens is 802 g/mol. The van der Waals surface area contributed by atoms with Crippen molar-refractivity contribution in [2.75, 3.05) is 49.5 Å². The first-order valence-electron chi connectivity index (χ1n) is 21.0. The average Bonchev–Trinajstić information content (AvgIpc) is 3.65. The minimum atomic E-state index is -4.53. The molecule has 318 valence electrons. The van der Waals surface area contributed by atoms with Gasteiger partial charge in [-0.1, -0.05) is 49.6 Å². The number of nitro benzene ring substituents is 1. The number of halogens is 1. The van der Waals surface area contributed by atoms with E-state index in [0.29, 0.717) is 34.3 Å². The van der Waals surface area contributed by atoms with E-state index in [0.717, 1.165) is 94.8 Å². The van der Waals surface area contributed by atoms with Gasteiger partial charge in [-0.2, -0.15) is 0 Å². The lowest BCUT2D eigenvalue weighted by molar-refractivity contribution is -0.384. The number of nitro groups is 1. The molecule has 4 aliphatic rings. The predicted octanol–water partition coefficient (Wildman–Crippen LogP) is 9.54. The van der Waals surface area contributed by atoms with Crippen molar-refractivity contribution >= 4 is 55.6 Å². The highest BCUT2D eigenvalue weighted by atomic mass is 35.5. The number of carbonyl (C=O) groups is 1. The molecule has 3 heterocycles. The van der Waals surface area contributed by atoms with E-state index in [4.69, 9.17) is 16.3 Å². The Morgan fingerprint density at radius 2 is 1.85 bits per heavy atom. The number of allylic oxidation sites excluding steroid dienone is 2. The second-order valence-corrected chi connectivity index (χ2v) is 20.3. The zero-order valence-corrected chi connectivity index (χ0v) is 36.0. The fraction of sp³-hybridized carbons (Fsp3) is 0.467. The van der Waals surface area contributed by atoms with Gasteiger partial charge in [0.2, 0.25) is 0 Å². The molecule has 0 bridgehead atoms. The topological polar surface area (TPSA) is 163 Å². The van der Waals surface area contributed by atoms with Gasteiger partial charge in [0.15, 0.2) is 0 Å². The number of sulfonamides is 1. The number of rotatable bonds is 15. The second-order valence-electron chi connectivity index (χ2n) is 18.1. The molecule has 3 fully saturated rings. The van der Waals surface area contributed by atoms with Crippen LogP contribution in [0, 0.1) is 26.9 Å². The largest absolute Gasteiger partial charge is 0.455 e. The molecular formula is C45H54ClN7O6S. The molecule has 1 aliphatic heterocycles. The van der Waals surface area contributed by atoms with Crippen LogP contribution >= 0.6 is 11.6 Å². The maximum Gasteiger partial charge on any atom is 0.293 e. The van der Waals surface area contributed by atoms with E-state index in [1.165, 1.54) is 48.7 Å². The van der Waals surface area contributed by atoms with Crippen molar-refractivity contribution in [2.45, 2.75) is 83.0 Å². The molecule has 0 unspecified atom stereocenters. The Kier molecular flexibility index (Phi) is 11.7. The van der Waals surface area contributed by atoms with Gasteiger partial charge in [0.05, 0.1) is 21.6 Å². The molecule has 2 aromatic heterocycles. The van der Waals surface area contributed by atoms with Crippen LogP contribution in [0.1, 0.15) is 88.4 Å². The number of H-pyrrole nitrogens is 1. The number of carbonyl (C=O) groups excluding carboxylic acids is 1. The van der Waals surface area contributed by atoms with Crippen molar-refractivity contribution in [3.8, 4) is 11.5 Å². The van der Waals surface area contributed by atoms with Gasteiger partial charge in [-0.15, -0.1) is 0 Å². The molecule has 13 nitrogen and oxygen atoms in total. The second kappa shape index (κ2) is 16.9. The van der Waals surface area contributed by atoms with E-state index in [-0.39, 0.29) is 28.1 Å². The third-order valence-electron chi connectivity index (χ3n) is 13.1. The lowest BCUT2D eigenvalue weighted by Crippen LogP contribution is -2.47. The number of pyridine rings is 1. The molecule has 8 rings (SSSR count). The number of nitrogens with one attached hydrogen (secondary N) is 3. The van der Waals surface area contributed by atoms with E-state index in [1.54, 1.807) is 30.5 Å². The number of aromatic nitrogens is 2. The molecule has 3 aliphatic carbocycles. The molecule has 0 atom stereocenters. The van der Waals surface area contributed by atoms with Crippen LogP contribution in [0.25, 0.3) is 11.0 Å². The van der Waals surface area contributed by atoms with E-state index in [9.17, 15) is 23.3 Å². The standard InChI is InChI=1S/C45H54ClN7O6S/c1-30(46)5-6-33-26-44(2,3)15-11-34(33)29-51-17-19-52(20-18-51)35-7-9-38(41(22-35)59-36-21-32-12-16-47-42(32)49-28-36)43(54)50-60(57,58)37-8-10-39(40(23-37)53(55)56)48-27-31-24-45(25-31)13-4-14-45/h7-10,12,16,21-23,28,31,48H,1,4-6,11,13-15,17-20,24-27,29H2,2-3H3,(H,47,49)(H,50,54). The van der Waals surface area contributed by atoms with Gasteiger partial charge in [0.1, 0.15) is 22.8 Å². The van der Waals surface area contributed by atoms with E-state index in [2.05, 4.69) is 50.2 Å². The number of aromatic amines is 1. The molecule has 3 N–H and O–H groups in total. The van der Waals surface area contributed by atoms with E-state index in [1.807, 2.05) is 6.07 Å². The Balaban J connectivity index is 0.981. The quantitative estimate of drug-likeness (QED) is 0.0596. The molecule has 1 spiro atoms. The minimum Gasteiger partial charge on any atom is -0.455 e. The zero-order chi connectivity index (χ0) is 42.2. The summed E-state index contributed by atoms with van der Waals surface area (Å²) < 4.78 is 35.8.